The summed E-state index contributed by atoms with van der Waals surface area (Å²) in [5.41, 5.74) is 1.86. The molecule has 8 heteroatoms. The Morgan fingerprint density at radius 2 is 1.59 bits per heavy atom. The summed E-state index contributed by atoms with van der Waals surface area (Å²) in [7, 11) is 0. The van der Waals surface area contributed by atoms with Crippen molar-refractivity contribution in [1.29, 1.82) is 0 Å². The number of benzene rings is 2. The number of thiazole rings is 1. The van der Waals surface area contributed by atoms with Crippen molar-refractivity contribution in [2.75, 3.05) is 18.5 Å². The molecule has 0 bridgehead atoms. The van der Waals surface area contributed by atoms with Gasteiger partial charge < -0.3 is 31.8 Å². The molecule has 1 N–H and O–H groups in total. The molecule has 0 atom stereocenters. The molecule has 1 amide bonds. The number of anilines is 1. The van der Waals surface area contributed by atoms with Crippen molar-refractivity contribution in [1.82, 2.24) is 0 Å². The van der Waals surface area contributed by atoms with Gasteiger partial charge in [-0.2, -0.15) is 4.57 Å². The average Bonchev–Trinajstić information content (AvgIpc) is 3.34. The second-order valence-electron chi connectivity index (χ2n) is 10.4. The summed E-state index contributed by atoms with van der Waals surface area (Å²) in [6, 6.07) is 13.2. The van der Waals surface area contributed by atoms with Crippen LogP contribution in [0.4, 0.5) is 5.69 Å². The Bertz CT molecular complexity index is 1160. The minimum Gasteiger partial charge on any atom is -1.00 e. The van der Waals surface area contributed by atoms with Crippen LogP contribution in [0.1, 0.15) is 94.5 Å². The number of unbranched alkanes of at least 4 members (excludes halogenated alkanes) is 11. The quantitative estimate of drug-likeness (QED) is 0.116. The van der Waals surface area contributed by atoms with Crippen LogP contribution in [0.25, 0.3) is 0 Å². The number of hydrogen-bond donors (Lipinski definition) is 1. The van der Waals surface area contributed by atoms with Crippen molar-refractivity contribution in [3.63, 3.8) is 0 Å². The lowest BCUT2D eigenvalue weighted by atomic mass is 10.1. The summed E-state index contributed by atoms with van der Waals surface area (Å²) in [5.74, 6) is 0.952. The van der Waals surface area contributed by atoms with Crippen molar-refractivity contribution < 1.29 is 35.8 Å². The van der Waals surface area contributed by atoms with E-state index in [0.29, 0.717) is 17.4 Å². The lowest BCUT2D eigenvalue weighted by Crippen LogP contribution is -3.00. The second kappa shape index (κ2) is 20.7. The smallest absolute Gasteiger partial charge is 0.262 e. The third-order valence-corrected chi connectivity index (χ3v) is 8.11. The van der Waals surface area contributed by atoms with E-state index in [9.17, 15) is 4.79 Å². The molecule has 0 unspecified atom stereocenters. The van der Waals surface area contributed by atoms with E-state index < -0.39 is 0 Å². The zero-order chi connectivity index (χ0) is 28.4. The van der Waals surface area contributed by atoms with Crippen molar-refractivity contribution >= 4 is 34.5 Å². The van der Waals surface area contributed by atoms with Crippen LogP contribution in [0.2, 0.25) is 5.02 Å². The third kappa shape index (κ3) is 14.1. The SMILES string of the molecule is CCCCCCCCCCCCCCOc1ccc(OCC(=O)Nc2cccc(C[n+]3ccsc3C)c2)c(Cl)c1.[Br-]. The van der Waals surface area contributed by atoms with Gasteiger partial charge >= 0.3 is 0 Å². The molecule has 226 valence electrons. The Kier molecular flexibility index (Phi) is 17.8. The molecular formula is C33H46BrClN2O3S. The highest BCUT2D eigenvalue weighted by Gasteiger charge is 2.11. The van der Waals surface area contributed by atoms with Gasteiger partial charge in [0.25, 0.3) is 5.91 Å². The summed E-state index contributed by atoms with van der Waals surface area (Å²) in [4.78, 5) is 12.5. The Labute approximate surface area is 266 Å². The van der Waals surface area contributed by atoms with E-state index in [1.807, 2.05) is 24.3 Å². The Morgan fingerprint density at radius 1 is 0.902 bits per heavy atom. The molecule has 1 heterocycles. The predicted molar refractivity (Wildman–Crippen MR) is 167 cm³/mol. The number of hydrogen-bond acceptors (Lipinski definition) is 4. The minimum absolute atomic E-state index is 0. The van der Waals surface area contributed by atoms with E-state index in [4.69, 9.17) is 21.1 Å². The van der Waals surface area contributed by atoms with Gasteiger partial charge in [-0.1, -0.05) is 113 Å². The fourth-order valence-corrected chi connectivity index (χ4v) is 5.54. The number of carbonyl (C=O) groups is 1. The normalized spacial score (nSPS) is 10.7. The van der Waals surface area contributed by atoms with Crippen molar-refractivity contribution in [2.24, 2.45) is 0 Å². The maximum Gasteiger partial charge on any atom is 0.262 e. The highest BCUT2D eigenvalue weighted by Crippen LogP contribution is 2.29. The number of halogens is 2. The van der Waals surface area contributed by atoms with Gasteiger partial charge in [0, 0.05) is 24.2 Å². The number of ether oxygens (including phenoxy) is 2. The van der Waals surface area contributed by atoms with E-state index in [1.54, 1.807) is 23.5 Å². The summed E-state index contributed by atoms with van der Waals surface area (Å²) in [6.45, 7) is 5.68. The maximum atomic E-state index is 12.5. The standard InChI is InChI=1S/C33H45ClN2O3S.BrH/c1-3-4-5-6-7-8-9-10-11-12-13-14-21-38-30-18-19-32(31(34)24-30)39-26-33(37)35-29-17-15-16-28(23-29)25-36-20-22-40-27(36)2;/h15-20,22-24H,3-14,21,25-26H2,1-2H3;1H. The van der Waals surface area contributed by atoms with E-state index >= 15 is 0 Å². The van der Waals surface area contributed by atoms with Gasteiger partial charge in [0.05, 0.1) is 17.0 Å². The number of aryl methyl sites for hydroxylation is 1. The Hall–Kier alpha value is -2.09. The molecule has 3 rings (SSSR count). The summed E-state index contributed by atoms with van der Waals surface area (Å²) < 4.78 is 13.7. The molecule has 0 aliphatic carbocycles. The topological polar surface area (TPSA) is 51.4 Å². The van der Waals surface area contributed by atoms with Gasteiger partial charge in [-0.05, 0) is 30.7 Å². The Morgan fingerprint density at radius 3 is 2.22 bits per heavy atom. The number of nitrogens with one attached hydrogen (secondary N) is 1. The van der Waals surface area contributed by atoms with Crippen LogP contribution < -0.4 is 36.3 Å². The largest absolute Gasteiger partial charge is 1.00 e. The van der Waals surface area contributed by atoms with Crippen LogP contribution in [-0.4, -0.2) is 19.1 Å². The van der Waals surface area contributed by atoms with Gasteiger partial charge in [-0.25, -0.2) is 0 Å². The summed E-state index contributed by atoms with van der Waals surface area (Å²) in [5, 5.41) is 6.65. The minimum atomic E-state index is -0.236. The zero-order valence-electron chi connectivity index (χ0n) is 24.6. The maximum absolute atomic E-state index is 12.5. The van der Waals surface area contributed by atoms with Crippen molar-refractivity contribution in [3.05, 3.63) is 69.6 Å². The molecular weight excluding hydrogens is 620 g/mol. The number of amides is 1. The first-order valence-electron chi connectivity index (χ1n) is 14.9. The van der Waals surface area contributed by atoms with Crippen LogP contribution in [0.15, 0.2) is 54.0 Å². The molecule has 3 aromatic rings. The lowest BCUT2D eigenvalue weighted by molar-refractivity contribution is -0.689. The number of nitrogens with zero attached hydrogens (tertiary/aromatic N) is 1. The average molecular weight is 666 g/mol. The highest BCUT2D eigenvalue weighted by molar-refractivity contribution is 7.09. The van der Waals surface area contributed by atoms with Gasteiger partial charge in [-0.3, -0.25) is 4.79 Å². The van der Waals surface area contributed by atoms with Crippen LogP contribution in [0.5, 0.6) is 11.5 Å². The molecule has 2 aromatic carbocycles. The number of carbonyl (C=O) groups excluding carboxylic acids is 1. The van der Waals surface area contributed by atoms with Gasteiger partial charge in [0.15, 0.2) is 19.3 Å². The fraction of sp³-hybridized carbons (Fsp3) is 0.515. The van der Waals surface area contributed by atoms with E-state index in [2.05, 4.69) is 41.4 Å². The molecule has 0 fully saturated rings. The van der Waals surface area contributed by atoms with Gasteiger partial charge in [0.2, 0.25) is 5.01 Å². The molecule has 0 aliphatic heterocycles. The molecule has 0 radical (unpaired) electrons. The van der Waals surface area contributed by atoms with Crippen LogP contribution in [0, 0.1) is 6.92 Å². The summed E-state index contributed by atoms with van der Waals surface area (Å²) >= 11 is 8.11. The van der Waals surface area contributed by atoms with Crippen molar-refractivity contribution in [2.45, 2.75) is 97.4 Å². The van der Waals surface area contributed by atoms with Crippen LogP contribution in [0.3, 0.4) is 0 Å². The fourth-order valence-electron chi connectivity index (χ4n) is 4.65. The molecule has 0 spiro atoms. The first kappa shape index (κ1) is 35.1. The number of aromatic nitrogens is 1. The first-order chi connectivity index (χ1) is 19.5. The van der Waals surface area contributed by atoms with Crippen molar-refractivity contribution in [3.8, 4) is 11.5 Å². The summed E-state index contributed by atoms with van der Waals surface area (Å²) in [6.07, 6.45) is 17.9. The highest BCUT2D eigenvalue weighted by atomic mass is 79.9. The van der Waals surface area contributed by atoms with Crippen LogP contribution >= 0.6 is 22.9 Å². The molecule has 0 saturated carbocycles. The van der Waals surface area contributed by atoms with Crippen LogP contribution in [-0.2, 0) is 11.3 Å². The molecule has 41 heavy (non-hydrogen) atoms. The van der Waals surface area contributed by atoms with E-state index in [-0.39, 0.29) is 29.5 Å². The zero-order valence-corrected chi connectivity index (χ0v) is 27.8. The van der Waals surface area contributed by atoms with E-state index in [1.165, 1.54) is 75.6 Å². The third-order valence-electron chi connectivity index (χ3n) is 6.98. The monoisotopic (exact) mass is 664 g/mol. The number of rotatable bonds is 20. The van der Waals surface area contributed by atoms with Gasteiger partial charge in [-0.15, -0.1) is 0 Å². The Balaban J connectivity index is 0.00000588. The molecule has 5 nitrogen and oxygen atoms in total. The predicted octanol–water partition coefficient (Wildman–Crippen LogP) is 6.15. The second-order valence-corrected chi connectivity index (χ2v) is 11.9. The van der Waals surface area contributed by atoms with E-state index in [0.717, 1.165) is 30.0 Å². The molecule has 0 saturated heterocycles. The first-order valence-corrected chi connectivity index (χ1v) is 16.2. The lowest BCUT2D eigenvalue weighted by Gasteiger charge is -2.11. The molecule has 0 aliphatic rings. The molecule has 1 aromatic heterocycles. The van der Waals surface area contributed by atoms with Gasteiger partial charge in [0.1, 0.15) is 11.5 Å².